The van der Waals surface area contributed by atoms with Crippen LogP contribution in [0.3, 0.4) is 0 Å². The Labute approximate surface area is 136 Å². The van der Waals surface area contributed by atoms with Crippen LogP contribution in [0.2, 0.25) is 0 Å². The van der Waals surface area contributed by atoms with E-state index >= 15 is 0 Å². The zero-order valence-corrected chi connectivity index (χ0v) is 13.3. The van der Waals surface area contributed by atoms with E-state index in [0.717, 1.165) is 29.5 Å². The van der Waals surface area contributed by atoms with E-state index in [1.54, 1.807) is 0 Å². The van der Waals surface area contributed by atoms with E-state index in [2.05, 4.69) is 24.3 Å². The second-order valence-corrected chi connectivity index (χ2v) is 6.58. The Bertz CT molecular complexity index is 782. The summed E-state index contributed by atoms with van der Waals surface area (Å²) in [6, 6.07) is 16.4. The smallest absolute Gasteiger partial charge is 0.227 e. The van der Waals surface area contributed by atoms with Crippen LogP contribution in [0, 0.1) is 0 Å². The molecule has 1 heterocycles. The van der Waals surface area contributed by atoms with Gasteiger partial charge in [0, 0.05) is 17.5 Å². The maximum absolute atomic E-state index is 6.24. The Morgan fingerprint density at radius 2 is 1.70 bits per heavy atom. The van der Waals surface area contributed by atoms with Crippen molar-refractivity contribution in [2.75, 3.05) is 6.54 Å². The minimum Gasteiger partial charge on any atom is -0.436 e. The van der Waals surface area contributed by atoms with Crippen molar-refractivity contribution in [1.82, 2.24) is 4.98 Å². The predicted molar refractivity (Wildman–Crippen MR) is 93.3 cm³/mol. The summed E-state index contributed by atoms with van der Waals surface area (Å²) in [6.45, 7) is 0.685. The van der Waals surface area contributed by atoms with E-state index in [4.69, 9.17) is 15.1 Å². The first-order valence-corrected chi connectivity index (χ1v) is 8.48. The summed E-state index contributed by atoms with van der Waals surface area (Å²) in [4.78, 5) is 4.70. The van der Waals surface area contributed by atoms with Crippen molar-refractivity contribution < 1.29 is 4.42 Å². The number of hydrogen-bond acceptors (Lipinski definition) is 3. The molecule has 0 radical (unpaired) electrons. The fraction of sp³-hybridized carbons (Fsp3) is 0.350. The van der Waals surface area contributed by atoms with Crippen molar-refractivity contribution in [1.29, 1.82) is 0 Å². The van der Waals surface area contributed by atoms with Crippen LogP contribution in [0.4, 0.5) is 0 Å². The first-order valence-electron chi connectivity index (χ1n) is 8.48. The highest BCUT2D eigenvalue weighted by atomic mass is 16.3. The molecule has 0 bridgehead atoms. The van der Waals surface area contributed by atoms with Crippen LogP contribution in [-0.2, 0) is 5.41 Å². The van der Waals surface area contributed by atoms with Gasteiger partial charge in [-0.3, -0.25) is 0 Å². The van der Waals surface area contributed by atoms with Gasteiger partial charge in [0.15, 0.2) is 5.58 Å². The highest BCUT2D eigenvalue weighted by Crippen LogP contribution is 2.43. The summed E-state index contributed by atoms with van der Waals surface area (Å²) >= 11 is 0. The lowest BCUT2D eigenvalue weighted by molar-refractivity contribution is 0.301. The van der Waals surface area contributed by atoms with Crippen LogP contribution < -0.4 is 5.73 Å². The number of para-hydroxylation sites is 2. The highest BCUT2D eigenvalue weighted by molar-refractivity contribution is 5.77. The summed E-state index contributed by atoms with van der Waals surface area (Å²) < 4.78 is 6.02. The molecule has 23 heavy (non-hydrogen) atoms. The first-order chi connectivity index (χ1) is 11.3. The van der Waals surface area contributed by atoms with Gasteiger partial charge in [-0.2, -0.15) is 0 Å². The van der Waals surface area contributed by atoms with Crippen LogP contribution in [-0.4, -0.2) is 11.5 Å². The van der Waals surface area contributed by atoms with Gasteiger partial charge >= 0.3 is 0 Å². The largest absolute Gasteiger partial charge is 0.436 e. The lowest BCUT2D eigenvalue weighted by Gasteiger charge is -2.37. The Balaban J connectivity index is 1.86. The number of aromatic nitrogens is 1. The van der Waals surface area contributed by atoms with Gasteiger partial charge in [-0.25, -0.2) is 4.98 Å². The van der Waals surface area contributed by atoms with Gasteiger partial charge in [0.25, 0.3) is 0 Å². The van der Waals surface area contributed by atoms with Crippen molar-refractivity contribution in [2.24, 2.45) is 5.73 Å². The minimum absolute atomic E-state index is 0.0650. The topological polar surface area (TPSA) is 52.0 Å². The minimum atomic E-state index is 0.0650. The summed E-state index contributed by atoms with van der Waals surface area (Å²) in [5.41, 5.74) is 10.4. The summed E-state index contributed by atoms with van der Waals surface area (Å²) in [6.07, 6.45) is 6.12. The summed E-state index contributed by atoms with van der Waals surface area (Å²) in [7, 11) is 0. The normalized spacial score (nSPS) is 17.4. The third-order valence-electron chi connectivity index (χ3n) is 5.22. The van der Waals surface area contributed by atoms with Gasteiger partial charge < -0.3 is 10.2 Å². The molecular weight excluding hydrogens is 284 g/mol. The maximum Gasteiger partial charge on any atom is 0.227 e. The molecule has 118 valence electrons. The van der Waals surface area contributed by atoms with Crippen LogP contribution in [0.1, 0.15) is 37.7 Å². The van der Waals surface area contributed by atoms with Crippen LogP contribution >= 0.6 is 0 Å². The number of nitrogens with zero attached hydrogens (tertiary/aromatic N) is 1. The molecule has 0 spiro atoms. The molecule has 1 fully saturated rings. The van der Waals surface area contributed by atoms with Gasteiger partial charge in [-0.1, -0.05) is 49.6 Å². The molecule has 1 aliphatic carbocycles. The number of nitrogens with two attached hydrogens (primary N) is 1. The average Bonchev–Trinajstić information content (AvgIpc) is 3.06. The van der Waals surface area contributed by atoms with Crippen molar-refractivity contribution in [3.8, 4) is 11.5 Å². The fourth-order valence-corrected chi connectivity index (χ4v) is 3.93. The number of hydrogen-bond donors (Lipinski definition) is 1. The van der Waals surface area contributed by atoms with E-state index in [0.29, 0.717) is 12.4 Å². The molecule has 4 rings (SSSR count). The third kappa shape index (κ3) is 2.45. The second kappa shape index (κ2) is 5.82. The number of oxazole rings is 1. The highest BCUT2D eigenvalue weighted by Gasteiger charge is 2.35. The maximum atomic E-state index is 6.24. The zero-order valence-electron chi connectivity index (χ0n) is 13.3. The Morgan fingerprint density at radius 3 is 2.48 bits per heavy atom. The lowest BCUT2D eigenvalue weighted by atomic mass is 9.68. The van der Waals surface area contributed by atoms with Gasteiger partial charge in [0.2, 0.25) is 5.89 Å². The van der Waals surface area contributed by atoms with Crippen molar-refractivity contribution in [3.63, 3.8) is 0 Å². The Hall–Kier alpha value is -2.13. The summed E-state index contributed by atoms with van der Waals surface area (Å²) in [5.74, 6) is 0.709. The van der Waals surface area contributed by atoms with Gasteiger partial charge in [0.05, 0.1) is 0 Å². The lowest BCUT2D eigenvalue weighted by Crippen LogP contribution is -2.37. The van der Waals surface area contributed by atoms with Gasteiger partial charge in [0.1, 0.15) is 5.52 Å². The van der Waals surface area contributed by atoms with E-state index in [1.165, 1.54) is 24.8 Å². The molecule has 1 aromatic heterocycles. The summed E-state index contributed by atoms with van der Waals surface area (Å²) in [5, 5.41) is 0. The molecule has 3 heteroatoms. The molecule has 1 saturated carbocycles. The van der Waals surface area contributed by atoms with Crippen LogP contribution in [0.5, 0.6) is 0 Å². The Kier molecular flexibility index (Phi) is 3.66. The molecule has 2 N–H and O–H groups in total. The molecule has 0 atom stereocenters. The molecule has 0 amide bonds. The van der Waals surface area contributed by atoms with E-state index in [9.17, 15) is 0 Å². The van der Waals surface area contributed by atoms with E-state index in [-0.39, 0.29) is 5.41 Å². The first kappa shape index (κ1) is 14.5. The quantitative estimate of drug-likeness (QED) is 0.766. The third-order valence-corrected chi connectivity index (χ3v) is 5.22. The van der Waals surface area contributed by atoms with Crippen LogP contribution in [0.15, 0.2) is 52.9 Å². The SMILES string of the molecule is NCC1(c2ccccc2-c2nc3ccccc3o2)CCCCC1. The van der Waals surface area contributed by atoms with Gasteiger partial charge in [-0.15, -0.1) is 0 Å². The monoisotopic (exact) mass is 306 g/mol. The molecule has 1 aliphatic rings. The standard InChI is InChI=1S/C20H22N2O/c21-14-20(12-6-1-7-13-20)16-9-3-2-8-15(16)19-22-17-10-4-5-11-18(17)23-19/h2-5,8-11H,1,6-7,12-14,21H2. The number of rotatable bonds is 3. The molecule has 0 saturated heterocycles. The van der Waals surface area contributed by atoms with Crippen molar-refractivity contribution in [3.05, 3.63) is 54.1 Å². The number of benzene rings is 2. The van der Waals surface area contributed by atoms with Crippen molar-refractivity contribution in [2.45, 2.75) is 37.5 Å². The zero-order chi connectivity index (χ0) is 15.7. The molecule has 3 aromatic rings. The Morgan fingerprint density at radius 1 is 0.957 bits per heavy atom. The predicted octanol–water partition coefficient (Wildman–Crippen LogP) is 4.66. The van der Waals surface area contributed by atoms with Crippen molar-refractivity contribution >= 4 is 11.1 Å². The fourth-order valence-electron chi connectivity index (χ4n) is 3.93. The van der Waals surface area contributed by atoms with E-state index in [1.807, 2.05) is 24.3 Å². The molecule has 0 unspecified atom stereocenters. The average molecular weight is 306 g/mol. The van der Waals surface area contributed by atoms with Crippen LogP contribution in [0.25, 0.3) is 22.6 Å². The van der Waals surface area contributed by atoms with E-state index < -0.39 is 0 Å². The second-order valence-electron chi connectivity index (χ2n) is 6.58. The molecule has 3 nitrogen and oxygen atoms in total. The van der Waals surface area contributed by atoms with Gasteiger partial charge in [-0.05, 0) is 36.6 Å². The number of fused-ring (bicyclic) bond motifs is 1. The molecule has 0 aliphatic heterocycles. The molecular formula is C20H22N2O. The molecule has 2 aromatic carbocycles.